The van der Waals surface area contributed by atoms with Crippen molar-refractivity contribution in [2.75, 3.05) is 6.26 Å². The molecular weight excluding hydrogens is 380 g/mol. The van der Waals surface area contributed by atoms with Gasteiger partial charge in [0.25, 0.3) is 5.91 Å². The van der Waals surface area contributed by atoms with Crippen LogP contribution in [-0.4, -0.2) is 25.1 Å². The maximum Gasteiger partial charge on any atom is 0.255 e. The van der Waals surface area contributed by atoms with E-state index in [1.165, 1.54) is 6.26 Å². The third-order valence-electron chi connectivity index (χ3n) is 4.59. The highest BCUT2D eigenvalue weighted by Crippen LogP contribution is 2.31. The van der Waals surface area contributed by atoms with E-state index in [1.807, 2.05) is 49.9 Å². The summed E-state index contributed by atoms with van der Waals surface area (Å²) in [7, 11) is -3.23. The summed E-state index contributed by atoms with van der Waals surface area (Å²) >= 11 is 1.59. The van der Waals surface area contributed by atoms with E-state index >= 15 is 0 Å². The summed E-state index contributed by atoms with van der Waals surface area (Å²) in [5.74, 6) is -0.139. The number of aryl methyl sites for hydroxylation is 1. The number of hydrogen-bond donors (Lipinski definition) is 1. The first-order valence-electron chi connectivity index (χ1n) is 8.52. The molecule has 0 saturated heterocycles. The van der Waals surface area contributed by atoms with Crippen molar-refractivity contribution >= 4 is 27.1 Å². The molecule has 0 bridgehead atoms. The van der Waals surface area contributed by atoms with Crippen LogP contribution in [0.3, 0.4) is 0 Å². The average molecular weight is 403 g/mol. The standard InChI is InChI=1S/C20H22N2O3S2/c1-13-15(3)26-20(22-11-5-6-12-22)18(13)19(23)21-14(2)16-7-9-17(10-8-16)27(4,24)25/h5-12,14H,1-4H3,(H,21,23)/t14-/m1/s1. The van der Waals surface area contributed by atoms with E-state index in [2.05, 4.69) is 5.32 Å². The van der Waals surface area contributed by atoms with E-state index < -0.39 is 9.84 Å². The highest BCUT2D eigenvalue weighted by atomic mass is 32.2. The summed E-state index contributed by atoms with van der Waals surface area (Å²) in [6, 6.07) is 10.2. The highest BCUT2D eigenvalue weighted by Gasteiger charge is 2.22. The smallest absolute Gasteiger partial charge is 0.255 e. The van der Waals surface area contributed by atoms with Gasteiger partial charge in [-0.3, -0.25) is 4.79 Å². The van der Waals surface area contributed by atoms with Crippen LogP contribution in [0.2, 0.25) is 0 Å². The number of thiophene rings is 1. The highest BCUT2D eigenvalue weighted by molar-refractivity contribution is 7.90. The van der Waals surface area contributed by atoms with Crippen molar-refractivity contribution in [3.8, 4) is 5.00 Å². The quantitative estimate of drug-likeness (QED) is 0.700. The monoisotopic (exact) mass is 402 g/mol. The molecule has 142 valence electrons. The molecule has 5 nitrogen and oxygen atoms in total. The van der Waals surface area contributed by atoms with Crippen molar-refractivity contribution in [3.05, 3.63) is 70.4 Å². The van der Waals surface area contributed by atoms with Gasteiger partial charge in [-0.05, 0) is 56.2 Å². The zero-order valence-electron chi connectivity index (χ0n) is 15.7. The molecule has 0 radical (unpaired) electrons. The Bertz CT molecular complexity index is 1060. The maximum absolute atomic E-state index is 13.0. The number of nitrogens with one attached hydrogen (secondary N) is 1. The van der Waals surface area contributed by atoms with Crippen molar-refractivity contribution in [2.45, 2.75) is 31.7 Å². The van der Waals surface area contributed by atoms with Gasteiger partial charge in [-0.1, -0.05) is 12.1 Å². The Balaban J connectivity index is 1.86. The average Bonchev–Trinajstić information content (AvgIpc) is 3.23. The van der Waals surface area contributed by atoms with Gasteiger partial charge in [0.15, 0.2) is 9.84 Å². The first-order chi connectivity index (χ1) is 12.7. The van der Waals surface area contributed by atoms with Gasteiger partial charge in [0.1, 0.15) is 5.00 Å². The summed E-state index contributed by atoms with van der Waals surface area (Å²) in [5, 5.41) is 3.93. The predicted octanol–water partition coefficient (Wildman–Crippen LogP) is 4.05. The zero-order chi connectivity index (χ0) is 19.8. The molecule has 1 amide bonds. The number of nitrogens with zero attached hydrogens (tertiary/aromatic N) is 1. The van der Waals surface area contributed by atoms with Crippen LogP contribution in [0.1, 0.15) is 39.3 Å². The molecule has 1 atom stereocenters. The molecule has 0 saturated carbocycles. The van der Waals surface area contributed by atoms with Gasteiger partial charge in [0.05, 0.1) is 16.5 Å². The van der Waals surface area contributed by atoms with Gasteiger partial charge in [-0.15, -0.1) is 11.3 Å². The van der Waals surface area contributed by atoms with Crippen LogP contribution < -0.4 is 5.32 Å². The predicted molar refractivity (Wildman–Crippen MR) is 109 cm³/mol. The molecule has 0 aliphatic heterocycles. The van der Waals surface area contributed by atoms with Gasteiger partial charge in [-0.25, -0.2) is 8.42 Å². The fourth-order valence-electron chi connectivity index (χ4n) is 2.88. The minimum Gasteiger partial charge on any atom is -0.345 e. The van der Waals surface area contributed by atoms with Crippen molar-refractivity contribution in [2.24, 2.45) is 0 Å². The topological polar surface area (TPSA) is 68.2 Å². The van der Waals surface area contributed by atoms with Gasteiger partial charge < -0.3 is 9.88 Å². The maximum atomic E-state index is 13.0. The summed E-state index contributed by atoms with van der Waals surface area (Å²) < 4.78 is 25.1. The lowest BCUT2D eigenvalue weighted by Crippen LogP contribution is -2.27. The third-order valence-corrected chi connectivity index (χ3v) is 6.94. The Labute approximate surface area is 163 Å². The number of amides is 1. The van der Waals surface area contributed by atoms with E-state index in [-0.39, 0.29) is 16.8 Å². The largest absolute Gasteiger partial charge is 0.345 e. The lowest BCUT2D eigenvalue weighted by atomic mass is 10.1. The van der Waals surface area contributed by atoms with Crippen LogP contribution >= 0.6 is 11.3 Å². The molecule has 2 aromatic heterocycles. The Morgan fingerprint density at radius 3 is 2.26 bits per heavy atom. The number of benzene rings is 1. The molecule has 0 aliphatic carbocycles. The molecule has 1 N–H and O–H groups in total. The zero-order valence-corrected chi connectivity index (χ0v) is 17.3. The fourth-order valence-corrected chi connectivity index (χ4v) is 4.63. The first kappa shape index (κ1) is 19.4. The van der Waals surface area contributed by atoms with Crippen LogP contribution in [0.15, 0.2) is 53.7 Å². The lowest BCUT2D eigenvalue weighted by molar-refractivity contribution is 0.0939. The molecule has 0 unspecified atom stereocenters. The number of aromatic nitrogens is 1. The number of sulfone groups is 1. The van der Waals surface area contributed by atoms with Crippen LogP contribution in [0, 0.1) is 13.8 Å². The molecule has 0 aliphatic rings. The minimum atomic E-state index is -3.23. The van der Waals surface area contributed by atoms with E-state index in [4.69, 9.17) is 0 Å². The normalized spacial score (nSPS) is 12.7. The third kappa shape index (κ3) is 3.99. The van der Waals surface area contributed by atoms with Gasteiger partial charge in [-0.2, -0.15) is 0 Å². The summed E-state index contributed by atoms with van der Waals surface area (Å²) in [6.07, 6.45) is 5.03. The number of carbonyl (C=O) groups excluding carboxylic acids is 1. The van der Waals surface area contributed by atoms with E-state index in [0.29, 0.717) is 5.56 Å². The van der Waals surface area contributed by atoms with Gasteiger partial charge in [0.2, 0.25) is 0 Å². The second-order valence-electron chi connectivity index (χ2n) is 6.59. The molecular formula is C20H22N2O3S2. The van der Waals surface area contributed by atoms with Crippen molar-refractivity contribution < 1.29 is 13.2 Å². The summed E-state index contributed by atoms with van der Waals surface area (Å²) in [5.41, 5.74) is 2.50. The van der Waals surface area contributed by atoms with E-state index in [1.54, 1.807) is 35.6 Å². The van der Waals surface area contributed by atoms with E-state index in [0.717, 1.165) is 21.0 Å². The molecule has 0 fully saturated rings. The number of carbonyl (C=O) groups is 1. The lowest BCUT2D eigenvalue weighted by Gasteiger charge is -2.16. The van der Waals surface area contributed by atoms with Crippen molar-refractivity contribution in [1.82, 2.24) is 9.88 Å². The second-order valence-corrected chi connectivity index (χ2v) is 9.81. The van der Waals surface area contributed by atoms with Gasteiger partial charge >= 0.3 is 0 Å². The Morgan fingerprint density at radius 2 is 1.70 bits per heavy atom. The summed E-state index contributed by atoms with van der Waals surface area (Å²) in [6.45, 7) is 5.85. The van der Waals surface area contributed by atoms with E-state index in [9.17, 15) is 13.2 Å². The first-order valence-corrected chi connectivity index (χ1v) is 11.2. The molecule has 2 heterocycles. The van der Waals surface area contributed by atoms with Crippen LogP contribution in [0.4, 0.5) is 0 Å². The SMILES string of the molecule is Cc1sc(-n2cccc2)c(C(=O)N[C@H](C)c2ccc(S(C)(=O)=O)cc2)c1C. The Hall–Kier alpha value is -2.38. The van der Waals surface area contributed by atoms with Crippen molar-refractivity contribution in [1.29, 1.82) is 0 Å². The summed E-state index contributed by atoms with van der Waals surface area (Å²) in [4.78, 5) is 14.4. The Kier molecular flexibility index (Phi) is 5.26. The number of rotatable bonds is 5. The van der Waals surface area contributed by atoms with Crippen LogP contribution in [0.25, 0.3) is 5.00 Å². The molecule has 7 heteroatoms. The van der Waals surface area contributed by atoms with Gasteiger partial charge in [0, 0.05) is 23.5 Å². The number of hydrogen-bond acceptors (Lipinski definition) is 4. The molecule has 27 heavy (non-hydrogen) atoms. The molecule has 1 aromatic carbocycles. The minimum absolute atomic E-state index is 0.139. The van der Waals surface area contributed by atoms with Crippen molar-refractivity contribution in [3.63, 3.8) is 0 Å². The van der Waals surface area contributed by atoms with Crippen LogP contribution in [0.5, 0.6) is 0 Å². The molecule has 3 rings (SSSR count). The second kappa shape index (κ2) is 7.32. The molecule has 3 aromatic rings. The molecule has 0 spiro atoms. The van der Waals surface area contributed by atoms with Crippen LogP contribution in [-0.2, 0) is 9.84 Å². The Morgan fingerprint density at radius 1 is 1.11 bits per heavy atom. The fraction of sp³-hybridized carbons (Fsp3) is 0.250.